The Morgan fingerprint density at radius 3 is 2.58 bits per heavy atom. The minimum atomic E-state index is -0.499. The van der Waals surface area contributed by atoms with Crippen LogP contribution in [0.5, 0.6) is 0 Å². The number of hydrogen-bond acceptors (Lipinski definition) is 5. The van der Waals surface area contributed by atoms with Crippen LogP contribution in [0.3, 0.4) is 0 Å². The topological polar surface area (TPSA) is 67.2 Å². The normalized spacial score (nSPS) is 14.3. The lowest BCUT2D eigenvalue weighted by Gasteiger charge is -2.35. The SMILES string of the molecule is O=C(c1ccccc1F)N1CCN(c2ncnc3c2cnn3-c2cccc(Cl)c2)CC1. The van der Waals surface area contributed by atoms with Crippen molar-refractivity contribution in [1.82, 2.24) is 24.6 Å². The van der Waals surface area contributed by atoms with Crippen molar-refractivity contribution in [3.8, 4) is 5.69 Å². The molecule has 156 valence electrons. The molecule has 1 amide bonds. The fourth-order valence-electron chi connectivity index (χ4n) is 3.81. The number of carbonyl (C=O) groups is 1. The van der Waals surface area contributed by atoms with Gasteiger partial charge in [-0.15, -0.1) is 0 Å². The maximum Gasteiger partial charge on any atom is 0.256 e. The Hall–Kier alpha value is -3.52. The number of carbonyl (C=O) groups excluding carboxylic acids is 1. The fourth-order valence-corrected chi connectivity index (χ4v) is 3.99. The third-order valence-electron chi connectivity index (χ3n) is 5.37. The average molecular weight is 437 g/mol. The number of rotatable bonds is 3. The monoisotopic (exact) mass is 436 g/mol. The Bertz CT molecular complexity index is 1270. The zero-order valence-electron chi connectivity index (χ0n) is 16.4. The van der Waals surface area contributed by atoms with Crippen molar-refractivity contribution < 1.29 is 9.18 Å². The van der Waals surface area contributed by atoms with E-state index in [1.807, 2.05) is 18.2 Å². The maximum atomic E-state index is 14.0. The Morgan fingerprint density at radius 2 is 1.81 bits per heavy atom. The second-order valence-electron chi connectivity index (χ2n) is 7.23. The molecule has 3 heterocycles. The summed E-state index contributed by atoms with van der Waals surface area (Å²) in [5, 5.41) is 5.91. The number of aromatic nitrogens is 4. The Kier molecular flexibility index (Phi) is 4.99. The number of fused-ring (bicyclic) bond motifs is 1. The van der Waals surface area contributed by atoms with E-state index < -0.39 is 5.82 Å². The molecule has 1 saturated heterocycles. The summed E-state index contributed by atoms with van der Waals surface area (Å²) in [7, 11) is 0. The standard InChI is InChI=1S/C22H18ClFN6O/c23-15-4-3-5-16(12-15)30-21-18(13-27-30)20(25-14-26-21)28-8-10-29(11-9-28)22(31)17-6-1-2-7-19(17)24/h1-7,12-14H,8-11H2. The second-order valence-corrected chi connectivity index (χ2v) is 7.67. The van der Waals surface area contributed by atoms with Gasteiger partial charge in [-0.3, -0.25) is 4.79 Å². The first-order valence-electron chi connectivity index (χ1n) is 9.85. The smallest absolute Gasteiger partial charge is 0.256 e. The molecule has 5 rings (SSSR count). The van der Waals surface area contributed by atoms with Gasteiger partial charge in [0, 0.05) is 31.2 Å². The minimum absolute atomic E-state index is 0.100. The molecule has 4 aromatic rings. The van der Waals surface area contributed by atoms with Gasteiger partial charge in [-0.25, -0.2) is 19.0 Å². The first-order chi connectivity index (χ1) is 15.1. The van der Waals surface area contributed by atoms with Crippen molar-refractivity contribution in [2.75, 3.05) is 31.1 Å². The summed E-state index contributed by atoms with van der Waals surface area (Å²) in [6, 6.07) is 13.5. The number of halogens is 2. The molecule has 0 spiro atoms. The number of benzene rings is 2. The Morgan fingerprint density at radius 1 is 1.00 bits per heavy atom. The van der Waals surface area contributed by atoms with Crippen LogP contribution >= 0.6 is 11.6 Å². The van der Waals surface area contributed by atoms with Crippen molar-refractivity contribution in [2.24, 2.45) is 0 Å². The molecule has 0 unspecified atom stereocenters. The van der Waals surface area contributed by atoms with Crippen LogP contribution in [0.15, 0.2) is 61.1 Å². The summed E-state index contributed by atoms with van der Waals surface area (Å²) >= 11 is 6.12. The highest BCUT2D eigenvalue weighted by Crippen LogP contribution is 2.26. The molecule has 1 fully saturated rings. The Labute approximate surface area is 182 Å². The summed E-state index contributed by atoms with van der Waals surface area (Å²) in [4.78, 5) is 25.3. The van der Waals surface area contributed by atoms with Gasteiger partial charge in [0.2, 0.25) is 0 Å². The summed E-state index contributed by atoms with van der Waals surface area (Å²) in [5.41, 5.74) is 1.59. The van der Waals surface area contributed by atoms with Crippen molar-refractivity contribution in [3.05, 3.63) is 77.5 Å². The average Bonchev–Trinajstić information content (AvgIpc) is 3.23. The predicted octanol–water partition coefficient (Wildman–Crippen LogP) is 3.57. The molecular weight excluding hydrogens is 419 g/mol. The molecular formula is C22H18ClFN6O. The van der Waals surface area contributed by atoms with E-state index in [1.165, 1.54) is 18.5 Å². The molecule has 0 N–H and O–H groups in total. The van der Waals surface area contributed by atoms with Gasteiger partial charge >= 0.3 is 0 Å². The van der Waals surface area contributed by atoms with E-state index in [4.69, 9.17) is 11.6 Å². The summed E-state index contributed by atoms with van der Waals surface area (Å²) in [5.74, 6) is -0.0310. The second kappa shape index (κ2) is 7.96. The zero-order chi connectivity index (χ0) is 21.4. The van der Waals surface area contributed by atoms with Crippen molar-refractivity contribution in [1.29, 1.82) is 0 Å². The predicted molar refractivity (Wildman–Crippen MR) is 116 cm³/mol. The minimum Gasteiger partial charge on any atom is -0.352 e. The highest BCUT2D eigenvalue weighted by molar-refractivity contribution is 6.30. The summed E-state index contributed by atoms with van der Waals surface area (Å²) in [6.45, 7) is 2.10. The van der Waals surface area contributed by atoms with Gasteiger partial charge < -0.3 is 9.80 Å². The molecule has 2 aromatic heterocycles. The van der Waals surface area contributed by atoms with Gasteiger partial charge in [-0.1, -0.05) is 29.8 Å². The van der Waals surface area contributed by atoms with E-state index in [0.717, 1.165) is 16.9 Å². The largest absolute Gasteiger partial charge is 0.352 e. The molecule has 0 aliphatic carbocycles. The molecule has 0 atom stereocenters. The third-order valence-corrected chi connectivity index (χ3v) is 5.60. The van der Waals surface area contributed by atoms with Gasteiger partial charge in [-0.2, -0.15) is 5.10 Å². The van der Waals surface area contributed by atoms with Crippen LogP contribution in [-0.4, -0.2) is 56.7 Å². The van der Waals surface area contributed by atoms with Crippen molar-refractivity contribution >= 4 is 34.4 Å². The van der Waals surface area contributed by atoms with E-state index in [1.54, 1.807) is 34.0 Å². The molecule has 1 aliphatic rings. The maximum absolute atomic E-state index is 14.0. The van der Waals surface area contributed by atoms with E-state index in [9.17, 15) is 9.18 Å². The van der Waals surface area contributed by atoms with Crippen molar-refractivity contribution in [2.45, 2.75) is 0 Å². The lowest BCUT2D eigenvalue weighted by molar-refractivity contribution is 0.0742. The number of piperazine rings is 1. The Balaban J connectivity index is 1.38. The van der Waals surface area contributed by atoms with Crippen LogP contribution in [0, 0.1) is 5.82 Å². The van der Waals surface area contributed by atoms with E-state index in [2.05, 4.69) is 20.0 Å². The van der Waals surface area contributed by atoms with Crippen LogP contribution in [0.25, 0.3) is 16.7 Å². The molecule has 2 aromatic carbocycles. The lowest BCUT2D eigenvalue weighted by atomic mass is 10.1. The molecule has 0 radical (unpaired) electrons. The number of nitrogens with zero attached hydrogens (tertiary/aromatic N) is 6. The van der Waals surface area contributed by atoms with Crippen molar-refractivity contribution in [3.63, 3.8) is 0 Å². The van der Waals surface area contributed by atoms with Gasteiger partial charge in [-0.05, 0) is 30.3 Å². The molecule has 9 heteroatoms. The van der Waals surface area contributed by atoms with Gasteiger partial charge in [0.25, 0.3) is 5.91 Å². The fraction of sp³-hybridized carbons (Fsp3) is 0.182. The molecule has 7 nitrogen and oxygen atoms in total. The molecule has 0 saturated carbocycles. The van der Waals surface area contributed by atoms with E-state index >= 15 is 0 Å². The molecule has 31 heavy (non-hydrogen) atoms. The summed E-state index contributed by atoms with van der Waals surface area (Å²) in [6.07, 6.45) is 3.25. The highest BCUT2D eigenvalue weighted by atomic mass is 35.5. The summed E-state index contributed by atoms with van der Waals surface area (Å²) < 4.78 is 15.7. The number of hydrogen-bond donors (Lipinski definition) is 0. The third kappa shape index (κ3) is 3.59. The quantitative estimate of drug-likeness (QED) is 0.491. The molecule has 1 aliphatic heterocycles. The number of anilines is 1. The van der Waals surface area contributed by atoms with Crippen LogP contribution < -0.4 is 4.90 Å². The van der Waals surface area contributed by atoms with Crippen LogP contribution in [0.2, 0.25) is 5.02 Å². The van der Waals surface area contributed by atoms with Crippen LogP contribution in [-0.2, 0) is 0 Å². The zero-order valence-corrected chi connectivity index (χ0v) is 17.2. The highest BCUT2D eigenvalue weighted by Gasteiger charge is 2.26. The van der Waals surface area contributed by atoms with E-state index in [0.29, 0.717) is 36.8 Å². The van der Waals surface area contributed by atoms with E-state index in [-0.39, 0.29) is 11.5 Å². The lowest BCUT2D eigenvalue weighted by Crippen LogP contribution is -2.49. The number of amides is 1. The van der Waals surface area contributed by atoms with Gasteiger partial charge in [0.15, 0.2) is 5.65 Å². The van der Waals surface area contributed by atoms with Crippen LogP contribution in [0.4, 0.5) is 10.2 Å². The van der Waals surface area contributed by atoms with Gasteiger partial charge in [0.05, 0.1) is 22.8 Å². The molecule has 0 bridgehead atoms. The first-order valence-corrected chi connectivity index (χ1v) is 10.2. The van der Waals surface area contributed by atoms with Gasteiger partial charge in [0.1, 0.15) is 18.0 Å². The van der Waals surface area contributed by atoms with Crippen LogP contribution in [0.1, 0.15) is 10.4 Å². The first kappa shape index (κ1) is 19.4.